The van der Waals surface area contributed by atoms with Crippen molar-refractivity contribution in [2.24, 2.45) is 0 Å². The van der Waals surface area contributed by atoms with Gasteiger partial charge in [0.2, 0.25) is 0 Å². The SMILES string of the molecule is C[C@@H](C(=O)c1ccccc1)N1CCOCC1. The molecule has 1 heterocycles. The summed E-state index contributed by atoms with van der Waals surface area (Å²) in [6, 6.07) is 9.43. The van der Waals surface area contributed by atoms with E-state index in [1.54, 1.807) is 0 Å². The lowest BCUT2D eigenvalue weighted by Gasteiger charge is -2.31. The summed E-state index contributed by atoms with van der Waals surface area (Å²) in [7, 11) is 0. The van der Waals surface area contributed by atoms with E-state index in [0.717, 1.165) is 31.9 Å². The fourth-order valence-electron chi connectivity index (χ4n) is 1.97. The summed E-state index contributed by atoms with van der Waals surface area (Å²) in [6.07, 6.45) is 0. The van der Waals surface area contributed by atoms with E-state index in [1.807, 2.05) is 37.3 Å². The minimum atomic E-state index is -0.0497. The molecule has 2 rings (SSSR count). The highest BCUT2D eigenvalue weighted by Gasteiger charge is 2.23. The van der Waals surface area contributed by atoms with Gasteiger partial charge < -0.3 is 4.74 Å². The number of ether oxygens (including phenoxy) is 1. The largest absolute Gasteiger partial charge is 0.379 e. The fraction of sp³-hybridized carbons (Fsp3) is 0.462. The molecule has 1 aliphatic heterocycles. The third-order valence-corrected chi connectivity index (χ3v) is 3.03. The first kappa shape index (κ1) is 11.3. The van der Waals surface area contributed by atoms with Crippen molar-refractivity contribution in [2.45, 2.75) is 13.0 Å². The first-order valence-corrected chi connectivity index (χ1v) is 5.70. The van der Waals surface area contributed by atoms with Gasteiger partial charge in [-0.25, -0.2) is 0 Å². The monoisotopic (exact) mass is 219 g/mol. The van der Waals surface area contributed by atoms with Gasteiger partial charge in [0.1, 0.15) is 0 Å². The highest BCUT2D eigenvalue weighted by molar-refractivity contribution is 5.99. The van der Waals surface area contributed by atoms with Crippen molar-refractivity contribution < 1.29 is 9.53 Å². The normalized spacial score (nSPS) is 19.3. The molecule has 3 nitrogen and oxygen atoms in total. The van der Waals surface area contributed by atoms with E-state index >= 15 is 0 Å². The van der Waals surface area contributed by atoms with Crippen LogP contribution in [0.3, 0.4) is 0 Å². The summed E-state index contributed by atoms with van der Waals surface area (Å²) in [4.78, 5) is 14.3. The average Bonchev–Trinajstić information content (AvgIpc) is 2.39. The van der Waals surface area contributed by atoms with Gasteiger partial charge in [-0.15, -0.1) is 0 Å². The molecule has 16 heavy (non-hydrogen) atoms. The number of benzene rings is 1. The Labute approximate surface area is 96.0 Å². The summed E-state index contributed by atoms with van der Waals surface area (Å²) in [5.74, 6) is 0.197. The molecule has 1 atom stereocenters. The smallest absolute Gasteiger partial charge is 0.179 e. The average molecular weight is 219 g/mol. The lowest BCUT2D eigenvalue weighted by molar-refractivity contribution is 0.0208. The van der Waals surface area contributed by atoms with Crippen molar-refractivity contribution in [3.05, 3.63) is 35.9 Å². The van der Waals surface area contributed by atoms with Gasteiger partial charge in [0, 0.05) is 18.7 Å². The molecule has 0 spiro atoms. The molecule has 1 aromatic rings. The Morgan fingerprint density at radius 2 is 1.88 bits per heavy atom. The Kier molecular flexibility index (Phi) is 3.70. The van der Waals surface area contributed by atoms with Crippen LogP contribution in [0.2, 0.25) is 0 Å². The second-order valence-electron chi connectivity index (χ2n) is 4.05. The molecule has 1 fully saturated rings. The van der Waals surface area contributed by atoms with Gasteiger partial charge in [-0.2, -0.15) is 0 Å². The minimum Gasteiger partial charge on any atom is -0.379 e. The van der Waals surface area contributed by atoms with Crippen molar-refractivity contribution in [2.75, 3.05) is 26.3 Å². The predicted molar refractivity (Wildman–Crippen MR) is 62.6 cm³/mol. The van der Waals surface area contributed by atoms with Gasteiger partial charge in [-0.05, 0) is 6.92 Å². The zero-order valence-electron chi connectivity index (χ0n) is 9.56. The van der Waals surface area contributed by atoms with Crippen LogP contribution in [0.1, 0.15) is 17.3 Å². The predicted octanol–water partition coefficient (Wildman–Crippen LogP) is 1.59. The third kappa shape index (κ3) is 2.49. The number of Topliss-reactive ketones (excluding diaryl/α,β-unsaturated/α-hetero) is 1. The van der Waals surface area contributed by atoms with Gasteiger partial charge in [0.25, 0.3) is 0 Å². The van der Waals surface area contributed by atoms with Crippen molar-refractivity contribution in [1.29, 1.82) is 0 Å². The molecule has 0 radical (unpaired) electrons. The second kappa shape index (κ2) is 5.23. The van der Waals surface area contributed by atoms with E-state index in [4.69, 9.17) is 4.74 Å². The topological polar surface area (TPSA) is 29.5 Å². The summed E-state index contributed by atoms with van der Waals surface area (Å²) in [6.45, 7) is 5.12. The number of nitrogens with zero attached hydrogens (tertiary/aromatic N) is 1. The highest BCUT2D eigenvalue weighted by Crippen LogP contribution is 2.10. The van der Waals surface area contributed by atoms with Crippen LogP contribution in [0.4, 0.5) is 0 Å². The van der Waals surface area contributed by atoms with Crippen molar-refractivity contribution in [3.63, 3.8) is 0 Å². The molecule has 0 N–H and O–H groups in total. The van der Waals surface area contributed by atoms with Crippen LogP contribution in [0.5, 0.6) is 0 Å². The molecule has 0 aromatic heterocycles. The van der Waals surface area contributed by atoms with Crippen LogP contribution in [0.15, 0.2) is 30.3 Å². The maximum absolute atomic E-state index is 12.2. The van der Waals surface area contributed by atoms with E-state index in [-0.39, 0.29) is 11.8 Å². The number of rotatable bonds is 3. The highest BCUT2D eigenvalue weighted by atomic mass is 16.5. The Bertz CT molecular complexity index is 344. The summed E-state index contributed by atoms with van der Waals surface area (Å²) in [5, 5.41) is 0. The van der Waals surface area contributed by atoms with Crippen LogP contribution >= 0.6 is 0 Å². The lowest BCUT2D eigenvalue weighted by atomic mass is 10.0. The Balaban J connectivity index is 2.04. The van der Waals surface area contributed by atoms with Gasteiger partial charge in [-0.1, -0.05) is 30.3 Å². The van der Waals surface area contributed by atoms with E-state index < -0.39 is 0 Å². The van der Waals surface area contributed by atoms with Crippen molar-refractivity contribution in [3.8, 4) is 0 Å². The van der Waals surface area contributed by atoms with Gasteiger partial charge >= 0.3 is 0 Å². The number of ketones is 1. The van der Waals surface area contributed by atoms with E-state index in [1.165, 1.54) is 0 Å². The van der Waals surface area contributed by atoms with Gasteiger partial charge in [0.05, 0.1) is 19.3 Å². The minimum absolute atomic E-state index is 0.0497. The second-order valence-corrected chi connectivity index (χ2v) is 4.05. The molecule has 0 aliphatic carbocycles. The van der Waals surface area contributed by atoms with E-state index in [0.29, 0.717) is 0 Å². The quantitative estimate of drug-likeness (QED) is 0.723. The zero-order valence-corrected chi connectivity index (χ0v) is 9.56. The Morgan fingerprint density at radius 3 is 2.50 bits per heavy atom. The van der Waals surface area contributed by atoms with Crippen molar-refractivity contribution >= 4 is 5.78 Å². The summed E-state index contributed by atoms with van der Waals surface area (Å²) < 4.78 is 5.28. The molecule has 0 bridgehead atoms. The van der Waals surface area contributed by atoms with E-state index in [2.05, 4.69) is 4.90 Å². The molecule has 0 unspecified atom stereocenters. The maximum Gasteiger partial charge on any atom is 0.179 e. The van der Waals surface area contributed by atoms with Crippen LogP contribution in [0.25, 0.3) is 0 Å². The number of hydrogen-bond acceptors (Lipinski definition) is 3. The van der Waals surface area contributed by atoms with Crippen LogP contribution < -0.4 is 0 Å². The lowest BCUT2D eigenvalue weighted by Crippen LogP contribution is -2.45. The molecular weight excluding hydrogens is 202 g/mol. The van der Waals surface area contributed by atoms with E-state index in [9.17, 15) is 4.79 Å². The number of hydrogen-bond donors (Lipinski definition) is 0. The molecule has 86 valence electrons. The fourth-order valence-corrected chi connectivity index (χ4v) is 1.97. The maximum atomic E-state index is 12.2. The van der Waals surface area contributed by atoms with Gasteiger partial charge in [0.15, 0.2) is 5.78 Å². The number of morpholine rings is 1. The molecule has 0 saturated carbocycles. The molecule has 3 heteroatoms. The van der Waals surface area contributed by atoms with Crippen LogP contribution in [-0.2, 0) is 4.74 Å². The number of carbonyl (C=O) groups is 1. The van der Waals surface area contributed by atoms with Crippen LogP contribution in [0, 0.1) is 0 Å². The third-order valence-electron chi connectivity index (χ3n) is 3.03. The van der Waals surface area contributed by atoms with Crippen LogP contribution in [-0.4, -0.2) is 43.0 Å². The molecule has 1 aromatic carbocycles. The summed E-state index contributed by atoms with van der Waals surface area (Å²) in [5.41, 5.74) is 0.793. The molecular formula is C13H17NO2. The Hall–Kier alpha value is -1.19. The van der Waals surface area contributed by atoms with Gasteiger partial charge in [-0.3, -0.25) is 9.69 Å². The van der Waals surface area contributed by atoms with Crippen molar-refractivity contribution in [1.82, 2.24) is 4.90 Å². The zero-order chi connectivity index (χ0) is 11.4. The Morgan fingerprint density at radius 1 is 1.25 bits per heavy atom. The standard InChI is InChI=1S/C13H17NO2/c1-11(14-7-9-16-10-8-14)13(15)12-5-3-2-4-6-12/h2-6,11H,7-10H2,1H3/t11-/m0/s1. The first-order chi connectivity index (χ1) is 7.79. The molecule has 1 saturated heterocycles. The summed E-state index contributed by atoms with van der Waals surface area (Å²) >= 11 is 0. The molecule has 0 amide bonds. The first-order valence-electron chi connectivity index (χ1n) is 5.70. The molecule has 1 aliphatic rings. The number of carbonyl (C=O) groups excluding carboxylic acids is 1.